The van der Waals surface area contributed by atoms with Crippen LogP contribution >= 0.6 is 0 Å². The van der Waals surface area contributed by atoms with E-state index in [1.54, 1.807) is 0 Å². The van der Waals surface area contributed by atoms with E-state index in [2.05, 4.69) is 48.2 Å². The average molecular weight is 346 g/mol. The van der Waals surface area contributed by atoms with Crippen molar-refractivity contribution in [1.82, 2.24) is 10.2 Å². The van der Waals surface area contributed by atoms with E-state index < -0.39 is 0 Å². The molecule has 0 aliphatic heterocycles. The van der Waals surface area contributed by atoms with Gasteiger partial charge in [0.25, 0.3) is 0 Å². The molecule has 0 heterocycles. The van der Waals surface area contributed by atoms with E-state index in [0.717, 1.165) is 31.2 Å². The number of carbonyl (C=O) groups excluding carboxylic acids is 2. The molecule has 5 nitrogen and oxygen atoms in total. The molecule has 138 valence electrons. The predicted octanol–water partition coefficient (Wildman–Crippen LogP) is 3.83. The van der Waals surface area contributed by atoms with Gasteiger partial charge in [0.1, 0.15) is 0 Å². The minimum absolute atomic E-state index is 0.00601. The molecule has 1 aliphatic rings. The van der Waals surface area contributed by atoms with Crippen LogP contribution in [0.5, 0.6) is 0 Å². The minimum Gasteiger partial charge on any atom is -0.469 e. The molecular formula is C20H30N2O3. The van der Waals surface area contributed by atoms with Gasteiger partial charge in [0.2, 0.25) is 0 Å². The minimum atomic E-state index is -0.198. The van der Waals surface area contributed by atoms with E-state index in [4.69, 9.17) is 0 Å². The van der Waals surface area contributed by atoms with Crippen molar-refractivity contribution in [2.75, 3.05) is 13.7 Å². The standard InChI is InChI=1S/C20H30N2O3/c1-15(2)17-9-7-16(8-10-17)14-22(18-11-12-18)20(24)21-13-5-4-6-19(23)25-3/h7-10,15,18H,4-6,11-14H2,1-3H3,(H,21,24). The van der Waals surface area contributed by atoms with Crippen LogP contribution in [0.25, 0.3) is 0 Å². The molecule has 5 heteroatoms. The zero-order valence-electron chi connectivity index (χ0n) is 15.6. The maximum atomic E-state index is 12.5. The number of nitrogens with one attached hydrogen (secondary N) is 1. The summed E-state index contributed by atoms with van der Waals surface area (Å²) in [5.41, 5.74) is 2.48. The Balaban J connectivity index is 1.79. The second-order valence-electron chi connectivity index (χ2n) is 7.02. The van der Waals surface area contributed by atoms with E-state index in [1.165, 1.54) is 12.7 Å². The second kappa shape index (κ2) is 9.44. The summed E-state index contributed by atoms with van der Waals surface area (Å²) in [6.07, 6.45) is 4.08. The first-order valence-electron chi connectivity index (χ1n) is 9.21. The number of ether oxygens (including phenoxy) is 1. The van der Waals surface area contributed by atoms with Gasteiger partial charge in [-0.15, -0.1) is 0 Å². The van der Waals surface area contributed by atoms with Crippen LogP contribution in [0.1, 0.15) is 63.0 Å². The van der Waals surface area contributed by atoms with Gasteiger partial charge in [-0.3, -0.25) is 4.79 Å². The Bertz CT molecular complexity index is 565. The number of urea groups is 1. The van der Waals surface area contributed by atoms with Gasteiger partial charge in [-0.05, 0) is 42.7 Å². The summed E-state index contributed by atoms with van der Waals surface area (Å²) >= 11 is 0. The van der Waals surface area contributed by atoms with Crippen LogP contribution in [-0.4, -0.2) is 36.6 Å². The maximum absolute atomic E-state index is 12.5. The fraction of sp³-hybridized carbons (Fsp3) is 0.600. The molecule has 2 rings (SSSR count). The van der Waals surface area contributed by atoms with Crippen molar-refractivity contribution in [1.29, 1.82) is 0 Å². The Kier molecular flexibility index (Phi) is 7.29. The van der Waals surface area contributed by atoms with E-state index in [0.29, 0.717) is 31.5 Å². The van der Waals surface area contributed by atoms with Gasteiger partial charge in [-0.2, -0.15) is 0 Å². The van der Waals surface area contributed by atoms with Crippen molar-refractivity contribution >= 4 is 12.0 Å². The molecule has 0 bridgehead atoms. The summed E-state index contributed by atoms with van der Waals surface area (Å²) < 4.78 is 4.61. The molecule has 0 aromatic heterocycles. The molecule has 0 saturated heterocycles. The zero-order valence-corrected chi connectivity index (χ0v) is 15.6. The molecule has 0 atom stereocenters. The Labute approximate surface area is 150 Å². The highest BCUT2D eigenvalue weighted by Gasteiger charge is 2.32. The number of methoxy groups -OCH3 is 1. The number of amides is 2. The highest BCUT2D eigenvalue weighted by molar-refractivity contribution is 5.75. The number of esters is 1. The van der Waals surface area contributed by atoms with Crippen molar-refractivity contribution < 1.29 is 14.3 Å². The lowest BCUT2D eigenvalue weighted by Gasteiger charge is -2.23. The first kappa shape index (κ1) is 19.3. The zero-order chi connectivity index (χ0) is 18.2. The highest BCUT2D eigenvalue weighted by Crippen LogP contribution is 2.28. The normalized spacial score (nSPS) is 13.6. The first-order valence-corrected chi connectivity index (χ1v) is 9.21. The average Bonchev–Trinajstić information content (AvgIpc) is 3.44. The molecule has 0 spiro atoms. The third kappa shape index (κ3) is 6.40. The smallest absolute Gasteiger partial charge is 0.317 e. The van der Waals surface area contributed by atoms with Gasteiger partial charge in [-0.25, -0.2) is 4.79 Å². The predicted molar refractivity (Wildman–Crippen MR) is 98.4 cm³/mol. The monoisotopic (exact) mass is 346 g/mol. The van der Waals surface area contributed by atoms with Crippen LogP contribution in [0.2, 0.25) is 0 Å². The van der Waals surface area contributed by atoms with Crippen molar-refractivity contribution in [3.05, 3.63) is 35.4 Å². The molecule has 0 radical (unpaired) electrons. The van der Waals surface area contributed by atoms with Gasteiger partial charge < -0.3 is 15.0 Å². The van der Waals surface area contributed by atoms with Crippen LogP contribution in [0.15, 0.2) is 24.3 Å². The summed E-state index contributed by atoms with van der Waals surface area (Å²) in [4.78, 5) is 25.5. The Morgan fingerprint density at radius 1 is 1.20 bits per heavy atom. The lowest BCUT2D eigenvalue weighted by molar-refractivity contribution is -0.140. The van der Waals surface area contributed by atoms with Crippen LogP contribution in [-0.2, 0) is 16.1 Å². The van der Waals surface area contributed by atoms with Gasteiger partial charge in [0.05, 0.1) is 7.11 Å². The SMILES string of the molecule is COC(=O)CCCCNC(=O)N(Cc1ccc(C(C)C)cc1)C1CC1. The van der Waals surface area contributed by atoms with Crippen LogP contribution in [0, 0.1) is 0 Å². The van der Waals surface area contributed by atoms with Crippen molar-refractivity contribution in [2.45, 2.75) is 64.5 Å². The van der Waals surface area contributed by atoms with E-state index in [1.807, 2.05) is 4.90 Å². The van der Waals surface area contributed by atoms with E-state index in [9.17, 15) is 9.59 Å². The maximum Gasteiger partial charge on any atom is 0.317 e. The molecule has 0 unspecified atom stereocenters. The molecule has 1 N–H and O–H groups in total. The van der Waals surface area contributed by atoms with Crippen molar-refractivity contribution in [3.8, 4) is 0 Å². The van der Waals surface area contributed by atoms with E-state index in [-0.39, 0.29) is 12.0 Å². The van der Waals surface area contributed by atoms with Crippen LogP contribution < -0.4 is 5.32 Å². The quantitative estimate of drug-likeness (QED) is 0.546. The molecule has 1 aliphatic carbocycles. The number of carbonyl (C=O) groups is 2. The Morgan fingerprint density at radius 3 is 2.44 bits per heavy atom. The number of benzene rings is 1. The summed E-state index contributed by atoms with van der Waals surface area (Å²) in [6.45, 7) is 5.60. The molecule has 1 saturated carbocycles. The van der Waals surface area contributed by atoms with Crippen LogP contribution in [0.3, 0.4) is 0 Å². The Morgan fingerprint density at radius 2 is 1.88 bits per heavy atom. The number of nitrogens with zero attached hydrogens (tertiary/aromatic N) is 1. The number of unbranched alkanes of at least 4 members (excludes halogenated alkanes) is 1. The molecule has 25 heavy (non-hydrogen) atoms. The lowest BCUT2D eigenvalue weighted by atomic mass is 10.0. The van der Waals surface area contributed by atoms with Crippen LogP contribution in [0.4, 0.5) is 4.79 Å². The lowest BCUT2D eigenvalue weighted by Crippen LogP contribution is -2.41. The fourth-order valence-electron chi connectivity index (χ4n) is 2.75. The topological polar surface area (TPSA) is 58.6 Å². The van der Waals surface area contributed by atoms with Crippen molar-refractivity contribution in [2.24, 2.45) is 0 Å². The third-order valence-corrected chi connectivity index (χ3v) is 4.56. The molecular weight excluding hydrogens is 316 g/mol. The van der Waals surface area contributed by atoms with Crippen molar-refractivity contribution in [3.63, 3.8) is 0 Å². The highest BCUT2D eigenvalue weighted by atomic mass is 16.5. The first-order chi connectivity index (χ1) is 12.0. The largest absolute Gasteiger partial charge is 0.469 e. The Hall–Kier alpha value is -2.04. The molecule has 2 amide bonds. The molecule has 1 fully saturated rings. The van der Waals surface area contributed by atoms with Gasteiger partial charge in [0.15, 0.2) is 0 Å². The van der Waals surface area contributed by atoms with Gasteiger partial charge in [0, 0.05) is 25.6 Å². The summed E-state index contributed by atoms with van der Waals surface area (Å²) in [6, 6.07) is 8.89. The number of rotatable bonds is 9. The van der Waals surface area contributed by atoms with E-state index >= 15 is 0 Å². The second-order valence-corrected chi connectivity index (χ2v) is 7.02. The number of hydrogen-bond donors (Lipinski definition) is 1. The fourth-order valence-corrected chi connectivity index (χ4v) is 2.75. The molecule has 1 aromatic rings. The summed E-state index contributed by atoms with van der Waals surface area (Å²) in [5.74, 6) is 0.317. The van der Waals surface area contributed by atoms with Gasteiger partial charge >= 0.3 is 12.0 Å². The van der Waals surface area contributed by atoms with Gasteiger partial charge in [-0.1, -0.05) is 38.1 Å². The number of hydrogen-bond acceptors (Lipinski definition) is 3. The summed E-state index contributed by atoms with van der Waals surface area (Å²) in [7, 11) is 1.39. The molecule has 1 aromatic carbocycles. The third-order valence-electron chi connectivity index (χ3n) is 4.56. The summed E-state index contributed by atoms with van der Waals surface area (Å²) in [5, 5.41) is 2.98.